The minimum Gasteiger partial charge on any atom is -0.342 e. The lowest BCUT2D eigenvalue weighted by Crippen LogP contribution is -2.39. The number of H-pyrrole nitrogens is 1. The molecule has 6 nitrogen and oxygen atoms in total. The van der Waals surface area contributed by atoms with Gasteiger partial charge in [-0.15, -0.1) is 0 Å². The largest absolute Gasteiger partial charge is 0.342 e. The number of imidazole rings is 1. The van der Waals surface area contributed by atoms with E-state index in [4.69, 9.17) is 4.98 Å². The van der Waals surface area contributed by atoms with Gasteiger partial charge in [-0.25, -0.2) is 4.98 Å². The molecule has 4 rings (SSSR count). The van der Waals surface area contributed by atoms with Gasteiger partial charge >= 0.3 is 0 Å². The van der Waals surface area contributed by atoms with Crippen LogP contribution in [0.5, 0.6) is 0 Å². The van der Waals surface area contributed by atoms with E-state index in [0.717, 1.165) is 55.8 Å². The molecule has 3 heterocycles. The van der Waals surface area contributed by atoms with Crippen molar-refractivity contribution >= 4 is 16.9 Å². The van der Waals surface area contributed by atoms with Crippen LogP contribution in [0, 0.1) is 0 Å². The number of likely N-dealkylation sites (tertiary alicyclic amines) is 1. The van der Waals surface area contributed by atoms with Gasteiger partial charge in [0, 0.05) is 44.4 Å². The summed E-state index contributed by atoms with van der Waals surface area (Å²) in [5.41, 5.74) is 2.07. The summed E-state index contributed by atoms with van der Waals surface area (Å²) < 4.78 is 1.88. The van der Waals surface area contributed by atoms with Crippen LogP contribution in [0.15, 0.2) is 42.7 Å². The van der Waals surface area contributed by atoms with Crippen molar-refractivity contribution in [2.75, 3.05) is 13.1 Å². The Morgan fingerprint density at radius 3 is 3.04 bits per heavy atom. The molecule has 1 fully saturated rings. The van der Waals surface area contributed by atoms with Gasteiger partial charge < -0.3 is 9.88 Å². The van der Waals surface area contributed by atoms with Gasteiger partial charge in [0.1, 0.15) is 5.82 Å². The smallest absolute Gasteiger partial charge is 0.222 e. The average Bonchev–Trinajstić information content (AvgIpc) is 3.31. The number of nitrogens with one attached hydrogen (secondary N) is 1. The fraction of sp³-hybridized carbons (Fsp3) is 0.421. The number of aryl methyl sites for hydroxylation is 1. The molecule has 1 aliphatic rings. The third-order valence-corrected chi connectivity index (χ3v) is 4.91. The van der Waals surface area contributed by atoms with Crippen LogP contribution in [-0.4, -0.2) is 43.6 Å². The fourth-order valence-corrected chi connectivity index (χ4v) is 3.58. The summed E-state index contributed by atoms with van der Waals surface area (Å²) in [7, 11) is 0. The quantitative estimate of drug-likeness (QED) is 0.778. The van der Waals surface area contributed by atoms with Gasteiger partial charge in [-0.1, -0.05) is 12.1 Å². The maximum absolute atomic E-state index is 12.5. The summed E-state index contributed by atoms with van der Waals surface area (Å²) in [4.78, 5) is 22.7. The van der Waals surface area contributed by atoms with Gasteiger partial charge in [0.25, 0.3) is 0 Å². The number of hydrogen-bond acceptors (Lipinski definition) is 3. The Kier molecular flexibility index (Phi) is 4.50. The van der Waals surface area contributed by atoms with E-state index in [1.807, 2.05) is 46.1 Å². The van der Waals surface area contributed by atoms with Crippen LogP contribution in [-0.2, 0) is 11.3 Å². The molecule has 1 aliphatic heterocycles. The number of carbonyl (C=O) groups excluding carboxylic acids is 1. The molecule has 0 saturated carbocycles. The number of nitrogens with zero attached hydrogens (tertiary/aromatic N) is 4. The predicted molar refractivity (Wildman–Crippen MR) is 96.1 cm³/mol. The van der Waals surface area contributed by atoms with Crippen molar-refractivity contribution in [1.82, 2.24) is 24.6 Å². The molecule has 0 unspecified atom stereocenters. The number of para-hydroxylation sites is 2. The lowest BCUT2D eigenvalue weighted by atomic mass is 9.97. The number of piperidine rings is 1. The number of benzene rings is 1. The van der Waals surface area contributed by atoms with E-state index in [2.05, 4.69) is 10.1 Å². The molecule has 0 aliphatic carbocycles. The van der Waals surface area contributed by atoms with Crippen molar-refractivity contribution in [3.8, 4) is 0 Å². The molecule has 1 saturated heterocycles. The second-order valence-electron chi connectivity index (χ2n) is 6.69. The van der Waals surface area contributed by atoms with Gasteiger partial charge in [0.2, 0.25) is 5.91 Å². The molecule has 1 N–H and O–H groups in total. The van der Waals surface area contributed by atoms with Crippen molar-refractivity contribution in [1.29, 1.82) is 0 Å². The van der Waals surface area contributed by atoms with Crippen molar-refractivity contribution < 1.29 is 4.79 Å². The monoisotopic (exact) mass is 337 g/mol. The lowest BCUT2D eigenvalue weighted by molar-refractivity contribution is -0.132. The highest BCUT2D eigenvalue weighted by atomic mass is 16.2. The third-order valence-electron chi connectivity index (χ3n) is 4.91. The molecular formula is C19H23N5O. The molecule has 0 radical (unpaired) electrons. The third kappa shape index (κ3) is 3.57. The molecule has 6 heteroatoms. The Balaban J connectivity index is 1.36. The zero-order valence-corrected chi connectivity index (χ0v) is 14.3. The van der Waals surface area contributed by atoms with Crippen LogP contribution >= 0.6 is 0 Å². The maximum Gasteiger partial charge on any atom is 0.222 e. The summed E-state index contributed by atoms with van der Waals surface area (Å²) in [6.45, 7) is 2.41. The topological polar surface area (TPSA) is 66.8 Å². The molecule has 3 aromatic rings. The number of fused-ring (bicyclic) bond motifs is 1. The van der Waals surface area contributed by atoms with E-state index in [-0.39, 0.29) is 5.91 Å². The Labute approximate surface area is 146 Å². The Bertz CT molecular complexity index is 806. The van der Waals surface area contributed by atoms with Crippen LogP contribution in [0.4, 0.5) is 0 Å². The highest BCUT2D eigenvalue weighted by Gasteiger charge is 2.26. The summed E-state index contributed by atoms with van der Waals surface area (Å²) in [5.74, 6) is 1.56. The molecule has 1 aromatic carbocycles. The van der Waals surface area contributed by atoms with Crippen molar-refractivity contribution in [2.45, 2.75) is 38.1 Å². The van der Waals surface area contributed by atoms with Crippen molar-refractivity contribution in [3.05, 3.63) is 48.5 Å². The van der Waals surface area contributed by atoms with Gasteiger partial charge in [-0.05, 0) is 37.5 Å². The lowest BCUT2D eigenvalue weighted by Gasteiger charge is -2.32. The highest BCUT2D eigenvalue weighted by Crippen LogP contribution is 2.27. The van der Waals surface area contributed by atoms with E-state index in [1.54, 1.807) is 6.20 Å². The normalized spacial score (nSPS) is 17.9. The Hall–Kier alpha value is -2.63. The molecule has 1 amide bonds. The van der Waals surface area contributed by atoms with Gasteiger partial charge in [0.05, 0.1) is 11.0 Å². The van der Waals surface area contributed by atoms with E-state index in [1.165, 1.54) is 0 Å². The van der Waals surface area contributed by atoms with Crippen molar-refractivity contribution in [2.24, 2.45) is 0 Å². The number of aromatic amines is 1. The van der Waals surface area contributed by atoms with Crippen LogP contribution in [0.1, 0.15) is 37.4 Å². The summed E-state index contributed by atoms with van der Waals surface area (Å²) in [6, 6.07) is 10.00. The first-order valence-electron chi connectivity index (χ1n) is 8.99. The van der Waals surface area contributed by atoms with E-state index in [9.17, 15) is 4.79 Å². The first-order chi connectivity index (χ1) is 12.3. The second-order valence-corrected chi connectivity index (χ2v) is 6.69. The number of rotatable bonds is 5. The van der Waals surface area contributed by atoms with Crippen LogP contribution < -0.4 is 0 Å². The first kappa shape index (κ1) is 15.9. The summed E-state index contributed by atoms with van der Waals surface area (Å²) >= 11 is 0. The maximum atomic E-state index is 12.5. The number of amides is 1. The molecular weight excluding hydrogens is 314 g/mol. The van der Waals surface area contributed by atoms with Gasteiger partial charge in [-0.2, -0.15) is 5.10 Å². The zero-order valence-electron chi connectivity index (χ0n) is 14.3. The molecule has 25 heavy (non-hydrogen) atoms. The molecule has 0 spiro atoms. The average molecular weight is 337 g/mol. The van der Waals surface area contributed by atoms with Crippen LogP contribution in [0.2, 0.25) is 0 Å². The minimum atomic E-state index is 0.243. The zero-order chi connectivity index (χ0) is 17.1. The molecule has 130 valence electrons. The highest BCUT2D eigenvalue weighted by molar-refractivity contribution is 5.76. The Morgan fingerprint density at radius 1 is 1.28 bits per heavy atom. The van der Waals surface area contributed by atoms with E-state index in [0.29, 0.717) is 12.3 Å². The standard InChI is InChI=1S/C19H23N5O/c25-18(9-4-12-24-13-5-10-20-24)23-11-3-6-15(14-23)19-21-16-7-1-2-8-17(16)22-19/h1-2,5,7-8,10,13,15H,3-4,6,9,11-12,14H2,(H,21,22)/t15-/m0/s1. The van der Waals surface area contributed by atoms with Gasteiger partial charge in [-0.3, -0.25) is 9.48 Å². The summed E-state index contributed by atoms with van der Waals surface area (Å²) in [6.07, 6.45) is 7.22. The number of carbonyl (C=O) groups is 1. The summed E-state index contributed by atoms with van der Waals surface area (Å²) in [5, 5.41) is 4.18. The molecule has 0 bridgehead atoms. The molecule has 2 aromatic heterocycles. The van der Waals surface area contributed by atoms with Crippen molar-refractivity contribution in [3.63, 3.8) is 0 Å². The predicted octanol–water partition coefficient (Wildman–Crippen LogP) is 2.95. The number of hydrogen-bond donors (Lipinski definition) is 1. The Morgan fingerprint density at radius 2 is 2.20 bits per heavy atom. The van der Waals surface area contributed by atoms with E-state index < -0.39 is 0 Å². The minimum absolute atomic E-state index is 0.243. The van der Waals surface area contributed by atoms with E-state index >= 15 is 0 Å². The first-order valence-corrected chi connectivity index (χ1v) is 8.99. The number of aromatic nitrogens is 4. The van der Waals surface area contributed by atoms with Crippen LogP contribution in [0.25, 0.3) is 11.0 Å². The SMILES string of the molecule is O=C(CCCn1cccn1)N1CCC[C@H](c2nc3ccccc3[nH]2)C1. The fourth-order valence-electron chi connectivity index (χ4n) is 3.58. The second kappa shape index (κ2) is 7.09. The molecule has 1 atom stereocenters. The van der Waals surface area contributed by atoms with Crippen LogP contribution in [0.3, 0.4) is 0 Å². The van der Waals surface area contributed by atoms with Gasteiger partial charge in [0.15, 0.2) is 0 Å².